The normalized spacial score (nSPS) is 11.5. The molecule has 0 aliphatic heterocycles. The first-order valence-corrected chi connectivity index (χ1v) is 9.14. The Bertz CT molecular complexity index is 724. The summed E-state index contributed by atoms with van der Waals surface area (Å²) in [7, 11) is 7.75. The Morgan fingerprint density at radius 1 is 1.15 bits per heavy atom. The molecule has 1 heterocycles. The van der Waals surface area contributed by atoms with Gasteiger partial charge in [-0.2, -0.15) is 0 Å². The van der Waals surface area contributed by atoms with Gasteiger partial charge in [-0.3, -0.25) is 4.57 Å². The molecular weight excluding hydrogens is 330 g/mol. The van der Waals surface area contributed by atoms with Gasteiger partial charge in [-0.05, 0) is 58.2 Å². The summed E-state index contributed by atoms with van der Waals surface area (Å²) in [5.41, 5.74) is 1.96. The molecule has 1 aromatic carbocycles. The van der Waals surface area contributed by atoms with E-state index in [4.69, 9.17) is 9.47 Å². The zero-order chi connectivity index (χ0) is 19.1. The van der Waals surface area contributed by atoms with Crippen LogP contribution in [-0.4, -0.2) is 75.0 Å². The maximum atomic E-state index is 12.6. The molecule has 0 aliphatic carbocycles. The maximum Gasteiger partial charge on any atom is 0.418 e. The molecule has 0 amide bonds. The molecule has 0 N–H and O–H groups in total. The van der Waals surface area contributed by atoms with E-state index in [1.807, 2.05) is 45.5 Å². The molecule has 0 radical (unpaired) electrons. The molecule has 2 aromatic rings. The number of carbonyl (C=O) groups excluding carboxylic acids is 1. The first-order chi connectivity index (χ1) is 12.5. The average Bonchev–Trinajstić information content (AvgIpc) is 2.98. The first-order valence-electron chi connectivity index (χ1n) is 9.14. The summed E-state index contributed by atoms with van der Waals surface area (Å²) < 4.78 is 12.4. The maximum absolute atomic E-state index is 12.6. The molecule has 0 saturated carbocycles. The fourth-order valence-electron chi connectivity index (χ4n) is 2.95. The number of rotatable bonds is 9. The molecule has 0 fully saturated rings. The van der Waals surface area contributed by atoms with Crippen LogP contribution in [0.2, 0.25) is 0 Å². The molecule has 0 spiro atoms. The number of methoxy groups -OCH3 is 1. The van der Waals surface area contributed by atoms with Crippen molar-refractivity contribution < 1.29 is 14.3 Å². The summed E-state index contributed by atoms with van der Waals surface area (Å²) in [6, 6.07) is 5.83. The molecule has 1 aromatic heterocycles. The van der Waals surface area contributed by atoms with Crippen LogP contribution in [0.15, 0.2) is 24.4 Å². The van der Waals surface area contributed by atoms with E-state index in [-0.39, 0.29) is 6.09 Å². The second kappa shape index (κ2) is 9.59. The number of fused-ring (bicyclic) bond motifs is 1. The number of carbonyl (C=O) groups is 1. The molecule has 26 heavy (non-hydrogen) atoms. The van der Waals surface area contributed by atoms with Crippen LogP contribution in [0.1, 0.15) is 18.9 Å². The molecule has 0 saturated heterocycles. The van der Waals surface area contributed by atoms with Crippen molar-refractivity contribution in [2.45, 2.75) is 19.8 Å². The lowest BCUT2D eigenvalue weighted by Gasteiger charge is -2.15. The standard InChI is InChI=1S/C20H31N3O3/c1-6-10-22(4)12-13-26-20(24)23-15-16(9-11-21(2)3)18-8-7-17(25-5)14-19(18)23/h7-8,14-15H,6,9-13H2,1-5H3. The van der Waals surface area contributed by atoms with Gasteiger partial charge in [0.2, 0.25) is 0 Å². The minimum Gasteiger partial charge on any atom is -0.497 e. The van der Waals surface area contributed by atoms with Crippen molar-refractivity contribution in [2.24, 2.45) is 0 Å². The average molecular weight is 361 g/mol. The summed E-state index contributed by atoms with van der Waals surface area (Å²) in [6.07, 6.45) is 3.51. The van der Waals surface area contributed by atoms with Crippen LogP contribution in [0.4, 0.5) is 4.79 Å². The fraction of sp³-hybridized carbons (Fsp3) is 0.550. The van der Waals surface area contributed by atoms with Crippen molar-refractivity contribution in [3.8, 4) is 5.75 Å². The highest BCUT2D eigenvalue weighted by Gasteiger charge is 2.16. The van der Waals surface area contributed by atoms with Crippen molar-refractivity contribution in [3.63, 3.8) is 0 Å². The van der Waals surface area contributed by atoms with Gasteiger partial charge >= 0.3 is 6.09 Å². The third-order valence-corrected chi connectivity index (χ3v) is 4.42. The number of hydrogen-bond donors (Lipinski definition) is 0. The van der Waals surface area contributed by atoms with Crippen molar-refractivity contribution in [1.82, 2.24) is 14.4 Å². The predicted octanol–water partition coefficient (Wildman–Crippen LogP) is 3.08. The van der Waals surface area contributed by atoms with E-state index in [9.17, 15) is 4.79 Å². The van der Waals surface area contributed by atoms with E-state index in [2.05, 4.69) is 16.7 Å². The van der Waals surface area contributed by atoms with Crippen molar-refractivity contribution in [3.05, 3.63) is 30.0 Å². The van der Waals surface area contributed by atoms with Gasteiger partial charge in [-0.25, -0.2) is 4.79 Å². The zero-order valence-electron chi connectivity index (χ0n) is 16.6. The summed E-state index contributed by atoms with van der Waals surface area (Å²) in [6.45, 7) is 5.16. The van der Waals surface area contributed by atoms with Crippen molar-refractivity contribution in [2.75, 3.05) is 54.5 Å². The van der Waals surface area contributed by atoms with Crippen LogP contribution >= 0.6 is 0 Å². The first kappa shape index (κ1) is 20.3. The highest BCUT2D eigenvalue weighted by atomic mass is 16.5. The fourth-order valence-corrected chi connectivity index (χ4v) is 2.95. The molecule has 0 aliphatic rings. The van der Waals surface area contributed by atoms with Crippen LogP contribution in [0.25, 0.3) is 10.9 Å². The number of benzene rings is 1. The van der Waals surface area contributed by atoms with Gasteiger partial charge in [0.05, 0.1) is 12.6 Å². The van der Waals surface area contributed by atoms with Crippen molar-refractivity contribution >= 4 is 17.0 Å². The minimum absolute atomic E-state index is 0.343. The number of aromatic nitrogens is 1. The Labute approximate surface area is 156 Å². The molecule has 0 atom stereocenters. The molecule has 144 valence electrons. The van der Waals surface area contributed by atoms with Crippen LogP contribution in [0, 0.1) is 0 Å². The third kappa shape index (κ3) is 5.22. The topological polar surface area (TPSA) is 46.9 Å². The van der Waals surface area contributed by atoms with Gasteiger partial charge in [-0.1, -0.05) is 6.92 Å². The Hall–Kier alpha value is -2.05. The SMILES string of the molecule is CCCN(C)CCOC(=O)n1cc(CCN(C)C)c2ccc(OC)cc21. The van der Waals surface area contributed by atoms with Crippen LogP contribution in [-0.2, 0) is 11.2 Å². The molecule has 6 nitrogen and oxygen atoms in total. The van der Waals surface area contributed by atoms with Crippen LogP contribution < -0.4 is 4.74 Å². The quantitative estimate of drug-likeness (QED) is 0.687. The van der Waals surface area contributed by atoms with Crippen LogP contribution in [0.5, 0.6) is 5.75 Å². The van der Waals surface area contributed by atoms with Gasteiger partial charge in [0, 0.05) is 30.7 Å². The lowest BCUT2D eigenvalue weighted by Crippen LogP contribution is -2.26. The lowest BCUT2D eigenvalue weighted by atomic mass is 10.1. The smallest absolute Gasteiger partial charge is 0.418 e. The van der Waals surface area contributed by atoms with Gasteiger partial charge in [-0.15, -0.1) is 0 Å². The summed E-state index contributed by atoms with van der Waals surface area (Å²) >= 11 is 0. The minimum atomic E-state index is -0.343. The van der Waals surface area contributed by atoms with Crippen LogP contribution in [0.3, 0.4) is 0 Å². The number of ether oxygens (including phenoxy) is 2. The third-order valence-electron chi connectivity index (χ3n) is 4.42. The molecule has 0 unspecified atom stereocenters. The van der Waals surface area contributed by atoms with E-state index in [0.29, 0.717) is 6.61 Å². The molecule has 2 rings (SSSR count). The molecule has 6 heteroatoms. The van der Waals surface area contributed by atoms with Gasteiger partial charge in [0.25, 0.3) is 0 Å². The highest BCUT2D eigenvalue weighted by molar-refractivity contribution is 5.92. The summed E-state index contributed by atoms with van der Waals surface area (Å²) in [5.74, 6) is 0.728. The monoisotopic (exact) mass is 361 g/mol. The van der Waals surface area contributed by atoms with E-state index in [1.54, 1.807) is 11.7 Å². The Morgan fingerprint density at radius 3 is 2.58 bits per heavy atom. The Kier molecular flexibility index (Phi) is 7.48. The van der Waals surface area contributed by atoms with E-state index < -0.39 is 0 Å². The number of hydrogen-bond acceptors (Lipinski definition) is 5. The number of nitrogens with zero attached hydrogens (tertiary/aromatic N) is 3. The second-order valence-corrected chi connectivity index (χ2v) is 6.88. The molecular formula is C20H31N3O3. The summed E-state index contributed by atoms with van der Waals surface area (Å²) in [4.78, 5) is 16.9. The second-order valence-electron chi connectivity index (χ2n) is 6.88. The van der Waals surface area contributed by atoms with Gasteiger partial charge in [0.15, 0.2) is 0 Å². The highest BCUT2D eigenvalue weighted by Crippen LogP contribution is 2.26. The summed E-state index contributed by atoms with van der Waals surface area (Å²) in [5, 5.41) is 1.06. The van der Waals surface area contributed by atoms with E-state index in [1.165, 1.54) is 0 Å². The molecule has 0 bridgehead atoms. The number of likely N-dealkylation sites (N-methyl/N-ethyl adjacent to an activating group) is 2. The van der Waals surface area contributed by atoms with Crippen molar-refractivity contribution in [1.29, 1.82) is 0 Å². The van der Waals surface area contributed by atoms with Gasteiger partial charge < -0.3 is 19.3 Å². The van der Waals surface area contributed by atoms with E-state index in [0.717, 1.165) is 54.7 Å². The van der Waals surface area contributed by atoms with E-state index >= 15 is 0 Å². The zero-order valence-corrected chi connectivity index (χ0v) is 16.6. The lowest BCUT2D eigenvalue weighted by molar-refractivity contribution is 0.135. The Morgan fingerprint density at radius 2 is 1.92 bits per heavy atom. The van der Waals surface area contributed by atoms with Gasteiger partial charge in [0.1, 0.15) is 12.4 Å². The predicted molar refractivity (Wildman–Crippen MR) is 105 cm³/mol. The Balaban J connectivity index is 2.19. The largest absolute Gasteiger partial charge is 0.497 e.